The number of ether oxygens (including phenoxy) is 1. The molecule has 0 saturated heterocycles. The molecular weight excluding hydrogens is 344 g/mol. The third-order valence-electron chi connectivity index (χ3n) is 4.06. The Morgan fingerprint density at radius 1 is 1.04 bits per heavy atom. The van der Waals surface area contributed by atoms with E-state index in [1.807, 2.05) is 38.2 Å². The summed E-state index contributed by atoms with van der Waals surface area (Å²) in [5, 5.41) is 4.12. The van der Waals surface area contributed by atoms with Gasteiger partial charge in [0.25, 0.3) is 11.8 Å². The van der Waals surface area contributed by atoms with Crippen molar-refractivity contribution in [1.82, 2.24) is 20.6 Å². The quantitative estimate of drug-likeness (QED) is 0.681. The molecule has 1 heterocycles. The van der Waals surface area contributed by atoms with Crippen LogP contribution in [-0.2, 0) is 4.79 Å². The van der Waals surface area contributed by atoms with Gasteiger partial charge in [-0.05, 0) is 67.4 Å². The Balaban J connectivity index is 1.48. The van der Waals surface area contributed by atoms with Crippen LogP contribution in [0.3, 0.4) is 0 Å². The number of carbonyl (C=O) groups is 2. The van der Waals surface area contributed by atoms with Gasteiger partial charge in [-0.25, -0.2) is 4.68 Å². The first kappa shape index (κ1) is 18.2. The van der Waals surface area contributed by atoms with E-state index in [-0.39, 0.29) is 6.61 Å². The van der Waals surface area contributed by atoms with Crippen molar-refractivity contribution in [1.29, 1.82) is 0 Å². The molecule has 0 atom stereocenters. The van der Waals surface area contributed by atoms with E-state index >= 15 is 0 Å². The van der Waals surface area contributed by atoms with Gasteiger partial charge >= 0.3 is 0 Å². The summed E-state index contributed by atoms with van der Waals surface area (Å²) in [5.41, 5.74) is 8.19. The molecule has 0 spiro atoms. The molecule has 138 valence electrons. The molecule has 27 heavy (non-hydrogen) atoms. The summed E-state index contributed by atoms with van der Waals surface area (Å²) in [7, 11) is 0. The zero-order valence-electron chi connectivity index (χ0n) is 15.1. The predicted molar refractivity (Wildman–Crippen MR) is 101 cm³/mol. The molecule has 2 N–H and O–H groups in total. The Morgan fingerprint density at radius 2 is 1.81 bits per heavy atom. The number of carbonyl (C=O) groups excluding carboxylic acids is 2. The van der Waals surface area contributed by atoms with Gasteiger partial charge in [0, 0.05) is 18.0 Å². The van der Waals surface area contributed by atoms with Gasteiger partial charge in [-0.1, -0.05) is 6.07 Å². The second kappa shape index (κ2) is 8.18. The predicted octanol–water partition coefficient (Wildman–Crippen LogP) is 2.33. The van der Waals surface area contributed by atoms with Crippen molar-refractivity contribution < 1.29 is 14.3 Å². The first-order valence-electron chi connectivity index (χ1n) is 8.42. The lowest BCUT2D eigenvalue weighted by Gasteiger charge is -2.10. The monoisotopic (exact) mass is 364 g/mol. The van der Waals surface area contributed by atoms with Crippen molar-refractivity contribution in [2.45, 2.75) is 13.8 Å². The maximum Gasteiger partial charge on any atom is 0.276 e. The molecule has 3 aromatic rings. The highest BCUT2D eigenvalue weighted by molar-refractivity contribution is 5.95. The Kier molecular flexibility index (Phi) is 5.51. The minimum absolute atomic E-state index is 0.193. The summed E-state index contributed by atoms with van der Waals surface area (Å²) in [6.07, 6.45) is 3.49. The average molecular weight is 364 g/mol. The largest absolute Gasteiger partial charge is 0.484 e. The lowest BCUT2D eigenvalue weighted by Crippen LogP contribution is -2.43. The Hall–Kier alpha value is -3.61. The Bertz CT molecular complexity index is 934. The number of benzene rings is 2. The highest BCUT2D eigenvalue weighted by atomic mass is 16.5. The number of rotatable bonds is 5. The number of nitrogens with one attached hydrogen (secondary N) is 2. The minimum atomic E-state index is -0.449. The number of aryl methyl sites for hydroxylation is 2. The maximum atomic E-state index is 12.1. The number of nitrogens with zero attached hydrogens (tertiary/aromatic N) is 2. The van der Waals surface area contributed by atoms with Gasteiger partial charge in [0.15, 0.2) is 6.61 Å². The minimum Gasteiger partial charge on any atom is -0.484 e. The fraction of sp³-hybridized carbons (Fsp3) is 0.150. The molecule has 0 aliphatic rings. The molecule has 2 aromatic carbocycles. The lowest BCUT2D eigenvalue weighted by atomic mass is 10.1. The van der Waals surface area contributed by atoms with Crippen molar-refractivity contribution in [2.24, 2.45) is 0 Å². The molecule has 0 aliphatic carbocycles. The molecule has 0 bridgehead atoms. The van der Waals surface area contributed by atoms with Gasteiger partial charge in [0.05, 0.1) is 5.69 Å². The van der Waals surface area contributed by atoms with Gasteiger partial charge < -0.3 is 4.74 Å². The molecule has 7 nitrogen and oxygen atoms in total. The number of amides is 2. The van der Waals surface area contributed by atoms with E-state index in [0.717, 1.165) is 16.8 Å². The van der Waals surface area contributed by atoms with Crippen LogP contribution in [0.4, 0.5) is 0 Å². The van der Waals surface area contributed by atoms with Crippen LogP contribution in [-0.4, -0.2) is 28.2 Å². The molecule has 0 saturated carbocycles. The van der Waals surface area contributed by atoms with Crippen LogP contribution in [0.25, 0.3) is 5.69 Å². The molecule has 2 amide bonds. The summed E-state index contributed by atoms with van der Waals surface area (Å²) >= 11 is 0. The molecular formula is C20H20N4O3. The fourth-order valence-electron chi connectivity index (χ4n) is 2.37. The average Bonchev–Trinajstić information content (AvgIpc) is 3.22. The smallest absolute Gasteiger partial charge is 0.276 e. The van der Waals surface area contributed by atoms with Crippen LogP contribution in [0.5, 0.6) is 5.75 Å². The summed E-state index contributed by atoms with van der Waals surface area (Å²) in [4.78, 5) is 24.0. The highest BCUT2D eigenvalue weighted by Crippen LogP contribution is 2.16. The van der Waals surface area contributed by atoms with Crippen LogP contribution < -0.4 is 15.6 Å². The van der Waals surface area contributed by atoms with Crippen molar-refractivity contribution >= 4 is 11.8 Å². The molecule has 0 fully saturated rings. The van der Waals surface area contributed by atoms with Crippen LogP contribution in [0.1, 0.15) is 21.5 Å². The van der Waals surface area contributed by atoms with Crippen molar-refractivity contribution in [3.8, 4) is 11.4 Å². The number of hydrazine groups is 1. The second-order valence-corrected chi connectivity index (χ2v) is 6.03. The highest BCUT2D eigenvalue weighted by Gasteiger charge is 2.09. The van der Waals surface area contributed by atoms with E-state index in [0.29, 0.717) is 11.3 Å². The van der Waals surface area contributed by atoms with E-state index < -0.39 is 11.8 Å². The third-order valence-corrected chi connectivity index (χ3v) is 4.06. The van der Waals surface area contributed by atoms with Crippen molar-refractivity contribution in [2.75, 3.05) is 6.61 Å². The zero-order valence-corrected chi connectivity index (χ0v) is 15.1. The molecule has 7 heteroatoms. The van der Waals surface area contributed by atoms with Gasteiger partial charge in [-0.2, -0.15) is 5.10 Å². The topological polar surface area (TPSA) is 85.3 Å². The van der Waals surface area contributed by atoms with Crippen molar-refractivity contribution in [3.63, 3.8) is 0 Å². The van der Waals surface area contributed by atoms with E-state index in [9.17, 15) is 9.59 Å². The van der Waals surface area contributed by atoms with Crippen LogP contribution in [0, 0.1) is 13.8 Å². The van der Waals surface area contributed by atoms with Crippen LogP contribution in [0.15, 0.2) is 60.9 Å². The maximum absolute atomic E-state index is 12.1. The van der Waals surface area contributed by atoms with E-state index in [1.54, 1.807) is 41.2 Å². The third kappa shape index (κ3) is 4.72. The molecule has 0 aliphatic heterocycles. The number of aromatic nitrogens is 2. The van der Waals surface area contributed by atoms with Gasteiger partial charge in [0.1, 0.15) is 5.75 Å². The first-order chi connectivity index (χ1) is 13.0. The fourth-order valence-corrected chi connectivity index (χ4v) is 2.37. The Labute approximate surface area is 156 Å². The summed E-state index contributed by atoms with van der Waals surface area (Å²) in [6.45, 7) is 3.78. The second-order valence-electron chi connectivity index (χ2n) is 6.03. The summed E-state index contributed by atoms with van der Waals surface area (Å²) in [5.74, 6) is -0.259. The Morgan fingerprint density at radius 3 is 2.48 bits per heavy atom. The van der Waals surface area contributed by atoms with Crippen molar-refractivity contribution in [3.05, 3.63) is 77.6 Å². The lowest BCUT2D eigenvalue weighted by molar-refractivity contribution is -0.123. The van der Waals surface area contributed by atoms with Gasteiger partial charge in [-0.15, -0.1) is 0 Å². The van der Waals surface area contributed by atoms with Crippen LogP contribution in [0.2, 0.25) is 0 Å². The SMILES string of the molecule is Cc1ccc(OCC(=O)NNC(=O)c2ccc(-n3cccn3)cc2)cc1C. The van der Waals surface area contributed by atoms with E-state index in [1.165, 1.54) is 0 Å². The van der Waals surface area contributed by atoms with Gasteiger partial charge in [-0.3, -0.25) is 20.4 Å². The van der Waals surface area contributed by atoms with Gasteiger partial charge in [0.2, 0.25) is 0 Å². The van der Waals surface area contributed by atoms with Crippen LogP contribution >= 0.6 is 0 Å². The molecule has 3 rings (SSSR count). The molecule has 0 radical (unpaired) electrons. The number of hydrogen-bond acceptors (Lipinski definition) is 4. The number of hydrogen-bond donors (Lipinski definition) is 2. The van der Waals surface area contributed by atoms with E-state index in [2.05, 4.69) is 16.0 Å². The summed E-state index contributed by atoms with van der Waals surface area (Å²) in [6, 6.07) is 14.3. The molecule has 1 aromatic heterocycles. The first-order valence-corrected chi connectivity index (χ1v) is 8.42. The van der Waals surface area contributed by atoms with E-state index in [4.69, 9.17) is 4.74 Å². The zero-order chi connectivity index (χ0) is 19.2. The normalized spacial score (nSPS) is 10.3. The standard InChI is InChI=1S/C20H20N4O3/c1-14-4-9-18(12-15(14)2)27-13-19(25)22-23-20(26)16-5-7-17(8-6-16)24-11-3-10-21-24/h3-12H,13H2,1-2H3,(H,22,25)(H,23,26). The summed E-state index contributed by atoms with van der Waals surface area (Å²) < 4.78 is 7.11. The molecule has 0 unspecified atom stereocenters.